The molecule has 0 aromatic carbocycles. The van der Waals surface area contributed by atoms with Crippen molar-refractivity contribution in [3.8, 4) is 0 Å². The summed E-state index contributed by atoms with van der Waals surface area (Å²) in [4.78, 5) is 13.4. The predicted octanol–water partition coefficient (Wildman–Crippen LogP) is 7.10. The SMILES string of the molecule is COC(=O)[C@]12CCC(C)(C)C[C@H]1C1=CC[C@@H]3[C@@]4(C)CC=CC(C)(C)[C@@H]4CC[C@@]3(C)[C@]1(C)C[C@H]2O. The van der Waals surface area contributed by atoms with Crippen LogP contribution in [0.5, 0.6) is 0 Å². The van der Waals surface area contributed by atoms with Crippen LogP contribution in [0.15, 0.2) is 23.8 Å². The Bertz CT molecular complexity index is 942. The van der Waals surface area contributed by atoms with Gasteiger partial charge in [0.05, 0.1) is 13.2 Å². The van der Waals surface area contributed by atoms with Crippen molar-refractivity contribution in [3.63, 3.8) is 0 Å². The Morgan fingerprint density at radius 1 is 1.00 bits per heavy atom. The third-order valence-corrected chi connectivity index (χ3v) is 12.5. The molecule has 0 aromatic heterocycles. The van der Waals surface area contributed by atoms with Crippen LogP contribution in [0.2, 0.25) is 0 Å². The van der Waals surface area contributed by atoms with Gasteiger partial charge >= 0.3 is 5.97 Å². The van der Waals surface area contributed by atoms with Crippen molar-refractivity contribution < 1.29 is 14.6 Å². The van der Waals surface area contributed by atoms with Crippen LogP contribution in [0, 0.1) is 50.2 Å². The molecule has 0 unspecified atom stereocenters. The van der Waals surface area contributed by atoms with Gasteiger partial charge in [0, 0.05) is 0 Å². The maximum Gasteiger partial charge on any atom is 0.315 e. The second-order valence-electron chi connectivity index (χ2n) is 14.9. The number of methoxy groups -OCH3 is 1. The minimum Gasteiger partial charge on any atom is -0.468 e. The first-order valence-corrected chi connectivity index (χ1v) is 13.8. The maximum absolute atomic E-state index is 13.4. The molecule has 0 heterocycles. The van der Waals surface area contributed by atoms with Gasteiger partial charge in [-0.3, -0.25) is 4.79 Å². The highest BCUT2D eigenvalue weighted by atomic mass is 16.5. The molecule has 3 fully saturated rings. The zero-order chi connectivity index (χ0) is 24.9. The maximum atomic E-state index is 13.4. The summed E-state index contributed by atoms with van der Waals surface area (Å²) in [6, 6.07) is 0. The van der Waals surface area contributed by atoms with Gasteiger partial charge in [-0.25, -0.2) is 0 Å². The van der Waals surface area contributed by atoms with E-state index in [2.05, 4.69) is 66.7 Å². The number of aliphatic hydroxyl groups is 1. The highest BCUT2D eigenvalue weighted by Gasteiger charge is 2.70. The van der Waals surface area contributed by atoms with Gasteiger partial charge < -0.3 is 9.84 Å². The van der Waals surface area contributed by atoms with Crippen molar-refractivity contribution in [2.24, 2.45) is 50.2 Å². The quantitative estimate of drug-likeness (QED) is 0.330. The molecule has 3 nitrogen and oxygen atoms in total. The number of allylic oxidation sites excluding steroid dienone is 4. The van der Waals surface area contributed by atoms with E-state index in [9.17, 15) is 9.90 Å². The van der Waals surface area contributed by atoms with E-state index in [-0.39, 0.29) is 39.0 Å². The Hall–Kier alpha value is -1.09. The van der Waals surface area contributed by atoms with Crippen LogP contribution >= 0.6 is 0 Å². The Morgan fingerprint density at radius 2 is 1.71 bits per heavy atom. The van der Waals surface area contributed by atoms with Crippen LogP contribution in [0.4, 0.5) is 0 Å². The van der Waals surface area contributed by atoms with E-state index in [1.807, 2.05) is 0 Å². The van der Waals surface area contributed by atoms with Crippen molar-refractivity contribution in [2.75, 3.05) is 7.11 Å². The summed E-state index contributed by atoms with van der Waals surface area (Å²) in [7, 11) is 1.50. The van der Waals surface area contributed by atoms with Crippen LogP contribution in [0.3, 0.4) is 0 Å². The van der Waals surface area contributed by atoms with E-state index in [1.165, 1.54) is 25.5 Å². The average molecular weight is 469 g/mol. The van der Waals surface area contributed by atoms with Gasteiger partial charge in [-0.1, -0.05) is 72.3 Å². The van der Waals surface area contributed by atoms with Crippen molar-refractivity contribution in [2.45, 2.75) is 106 Å². The third-order valence-electron chi connectivity index (χ3n) is 12.5. The first-order valence-electron chi connectivity index (χ1n) is 13.8. The van der Waals surface area contributed by atoms with Gasteiger partial charge in [-0.2, -0.15) is 0 Å². The largest absolute Gasteiger partial charge is 0.468 e. The van der Waals surface area contributed by atoms with E-state index in [4.69, 9.17) is 4.74 Å². The van der Waals surface area contributed by atoms with Crippen molar-refractivity contribution in [1.82, 2.24) is 0 Å². The lowest BCUT2D eigenvalue weighted by Crippen LogP contribution is -2.66. The number of fused-ring (bicyclic) bond motifs is 7. The minimum absolute atomic E-state index is 0.0726. The average Bonchev–Trinajstić information content (AvgIpc) is 2.72. The Kier molecular flexibility index (Phi) is 5.23. The number of hydrogen-bond donors (Lipinski definition) is 1. The van der Waals surface area contributed by atoms with Crippen LogP contribution in [0.25, 0.3) is 0 Å². The zero-order valence-electron chi connectivity index (χ0n) is 23.0. The summed E-state index contributed by atoms with van der Waals surface area (Å²) in [5, 5.41) is 11.9. The van der Waals surface area contributed by atoms with Crippen molar-refractivity contribution in [1.29, 1.82) is 0 Å². The minimum atomic E-state index is -0.782. The molecule has 0 saturated heterocycles. The highest BCUT2D eigenvalue weighted by molar-refractivity contribution is 5.79. The van der Waals surface area contributed by atoms with Crippen LogP contribution in [-0.2, 0) is 9.53 Å². The third kappa shape index (κ3) is 2.88. The Labute approximate surface area is 207 Å². The number of rotatable bonds is 1. The van der Waals surface area contributed by atoms with Gasteiger partial charge in [0.25, 0.3) is 0 Å². The molecule has 3 saturated carbocycles. The molecule has 0 radical (unpaired) electrons. The van der Waals surface area contributed by atoms with E-state index in [0.29, 0.717) is 18.3 Å². The molecule has 5 aliphatic carbocycles. The molecule has 0 bridgehead atoms. The number of hydrogen-bond acceptors (Lipinski definition) is 3. The molecule has 5 rings (SSSR count). The summed E-state index contributed by atoms with van der Waals surface area (Å²) in [5.41, 5.74) is 1.39. The summed E-state index contributed by atoms with van der Waals surface area (Å²) >= 11 is 0. The summed E-state index contributed by atoms with van der Waals surface area (Å²) in [5.74, 6) is 1.16. The highest BCUT2D eigenvalue weighted by Crippen LogP contribution is 2.75. The number of carbonyl (C=O) groups excluding carboxylic acids is 1. The first kappa shape index (κ1) is 24.6. The number of ether oxygens (including phenoxy) is 1. The molecule has 3 heteroatoms. The van der Waals surface area contributed by atoms with Gasteiger partial charge in [-0.15, -0.1) is 0 Å². The lowest BCUT2D eigenvalue weighted by molar-refractivity contribution is -0.203. The standard InChI is InChI=1S/C31H48O3/c1-26(2)16-17-31(25(33)34-8)21(18-26)20-10-11-23-28(5)14-9-13-27(3,4)22(28)12-15-29(23,6)30(20,7)19-24(31)32/h9-10,13,21-24,32H,11-12,14-19H2,1-8H3/t21-,22-,23+,24+,28-,29+,30+,31+/m0/s1. The number of esters is 1. The molecule has 5 aliphatic rings. The molecule has 0 amide bonds. The smallest absolute Gasteiger partial charge is 0.315 e. The molecular formula is C31H48O3. The topological polar surface area (TPSA) is 46.5 Å². The van der Waals surface area contributed by atoms with E-state index in [1.54, 1.807) is 0 Å². The predicted molar refractivity (Wildman–Crippen MR) is 137 cm³/mol. The molecule has 0 aliphatic heterocycles. The lowest BCUT2D eigenvalue weighted by Gasteiger charge is -2.70. The van der Waals surface area contributed by atoms with E-state index in [0.717, 1.165) is 32.1 Å². The molecule has 34 heavy (non-hydrogen) atoms. The molecule has 8 atom stereocenters. The van der Waals surface area contributed by atoms with Gasteiger partial charge in [0.15, 0.2) is 0 Å². The second-order valence-corrected chi connectivity index (χ2v) is 14.9. The molecule has 190 valence electrons. The van der Waals surface area contributed by atoms with Gasteiger partial charge in [0.1, 0.15) is 5.41 Å². The van der Waals surface area contributed by atoms with Gasteiger partial charge in [0.2, 0.25) is 0 Å². The molecule has 0 spiro atoms. The normalized spacial score (nSPS) is 50.7. The van der Waals surface area contributed by atoms with Crippen LogP contribution in [-0.4, -0.2) is 24.3 Å². The lowest BCUT2D eigenvalue weighted by atomic mass is 9.34. The second kappa shape index (κ2) is 7.24. The first-order chi connectivity index (χ1) is 15.7. The van der Waals surface area contributed by atoms with Crippen LogP contribution < -0.4 is 0 Å². The van der Waals surface area contributed by atoms with Crippen molar-refractivity contribution >= 4 is 5.97 Å². The fourth-order valence-electron chi connectivity index (χ4n) is 10.5. The molecule has 0 aromatic rings. The van der Waals surface area contributed by atoms with Crippen LogP contribution in [0.1, 0.15) is 99.8 Å². The number of carbonyl (C=O) groups is 1. The monoisotopic (exact) mass is 468 g/mol. The molecule has 1 N–H and O–H groups in total. The van der Waals surface area contributed by atoms with Gasteiger partial charge in [-0.05, 0) is 96.2 Å². The fourth-order valence-corrected chi connectivity index (χ4v) is 10.5. The Morgan fingerprint density at radius 3 is 2.38 bits per heavy atom. The zero-order valence-corrected chi connectivity index (χ0v) is 23.0. The Balaban J connectivity index is 1.64. The molecular weight excluding hydrogens is 420 g/mol. The van der Waals surface area contributed by atoms with E-state index >= 15 is 0 Å². The van der Waals surface area contributed by atoms with E-state index < -0.39 is 11.5 Å². The summed E-state index contributed by atoms with van der Waals surface area (Å²) < 4.78 is 5.41. The fraction of sp³-hybridized carbons (Fsp3) is 0.839. The van der Waals surface area contributed by atoms with Crippen molar-refractivity contribution in [3.05, 3.63) is 23.8 Å². The summed E-state index contributed by atoms with van der Waals surface area (Å²) in [6.45, 7) is 17.1. The summed E-state index contributed by atoms with van der Waals surface area (Å²) in [6.07, 6.45) is 14.9. The number of aliphatic hydroxyl groups excluding tert-OH is 1.